The predicted molar refractivity (Wildman–Crippen MR) is 58.1 cm³/mol. The zero-order chi connectivity index (χ0) is 11.5. The maximum absolute atomic E-state index is 10.7. The second-order valence-corrected chi connectivity index (χ2v) is 3.75. The van der Waals surface area contributed by atoms with E-state index in [4.69, 9.17) is 5.11 Å². The van der Waals surface area contributed by atoms with Crippen LogP contribution in [0.4, 0.5) is 0 Å². The Bertz CT molecular complexity index is 500. The number of rotatable bonds is 3. The molecule has 0 aliphatic heterocycles. The summed E-state index contributed by atoms with van der Waals surface area (Å²) < 4.78 is 4.00. The van der Waals surface area contributed by atoms with Gasteiger partial charge in [-0.3, -0.25) is 0 Å². The van der Waals surface area contributed by atoms with Crippen LogP contribution in [0.5, 0.6) is 0 Å². The molecule has 82 valence electrons. The van der Waals surface area contributed by atoms with Gasteiger partial charge >= 0.3 is 5.97 Å². The summed E-state index contributed by atoms with van der Waals surface area (Å²) in [5.41, 5.74) is 1.41. The van der Waals surface area contributed by atoms with Crippen LogP contribution in [-0.4, -0.2) is 15.6 Å². The van der Waals surface area contributed by atoms with Gasteiger partial charge in [0.25, 0.3) is 0 Å². The van der Waals surface area contributed by atoms with Crippen LogP contribution >= 0.6 is 0 Å². The van der Waals surface area contributed by atoms with Crippen molar-refractivity contribution in [1.82, 2.24) is 4.57 Å². The van der Waals surface area contributed by atoms with E-state index in [9.17, 15) is 4.79 Å². The highest BCUT2D eigenvalue weighted by atomic mass is 16.4. The normalized spacial score (nSPS) is 10.3. The van der Waals surface area contributed by atoms with Gasteiger partial charge in [0, 0.05) is 0 Å². The van der Waals surface area contributed by atoms with E-state index in [1.807, 2.05) is 47.0 Å². The molecule has 2 aromatic rings. The highest BCUT2D eigenvalue weighted by Gasteiger charge is 2.04. The van der Waals surface area contributed by atoms with E-state index >= 15 is 0 Å². The van der Waals surface area contributed by atoms with Crippen LogP contribution in [0.1, 0.15) is 15.9 Å². The Morgan fingerprint density at radius 1 is 1.38 bits per heavy atom. The lowest BCUT2D eigenvalue weighted by molar-refractivity contribution is -0.687. The first-order valence-electron chi connectivity index (χ1n) is 4.98. The zero-order valence-electron chi connectivity index (χ0n) is 9.00. The number of carbonyl (C=O) groups is 1. The van der Waals surface area contributed by atoms with Crippen molar-refractivity contribution in [3.8, 4) is 0 Å². The van der Waals surface area contributed by atoms with Gasteiger partial charge in [-0.25, -0.2) is 13.9 Å². The molecular formula is C12H13N2O2+. The van der Waals surface area contributed by atoms with Gasteiger partial charge < -0.3 is 5.11 Å². The summed E-state index contributed by atoms with van der Waals surface area (Å²) in [5, 5.41) is 8.76. The van der Waals surface area contributed by atoms with Crippen LogP contribution in [0, 0.1) is 0 Å². The van der Waals surface area contributed by atoms with Crippen molar-refractivity contribution in [2.24, 2.45) is 7.05 Å². The molecule has 0 bridgehead atoms. The Hall–Kier alpha value is -2.10. The third-order valence-corrected chi connectivity index (χ3v) is 2.39. The fourth-order valence-electron chi connectivity index (χ4n) is 1.56. The second kappa shape index (κ2) is 4.18. The van der Waals surface area contributed by atoms with Crippen molar-refractivity contribution in [2.75, 3.05) is 0 Å². The van der Waals surface area contributed by atoms with E-state index in [0.29, 0.717) is 5.56 Å². The third kappa shape index (κ3) is 2.28. The SMILES string of the molecule is Cn1cc[n+](Cc2ccc(C(=O)O)cc2)c1. The van der Waals surface area contributed by atoms with Crippen LogP contribution < -0.4 is 4.57 Å². The Morgan fingerprint density at radius 3 is 2.56 bits per heavy atom. The van der Waals surface area contributed by atoms with Crippen LogP contribution in [0.3, 0.4) is 0 Å². The smallest absolute Gasteiger partial charge is 0.335 e. The molecule has 0 aliphatic carbocycles. The first-order chi connectivity index (χ1) is 7.65. The molecule has 1 aromatic heterocycles. The van der Waals surface area contributed by atoms with E-state index in [1.165, 1.54) is 0 Å². The number of aromatic carboxylic acids is 1. The van der Waals surface area contributed by atoms with Gasteiger partial charge in [-0.2, -0.15) is 0 Å². The highest BCUT2D eigenvalue weighted by molar-refractivity contribution is 5.87. The fraction of sp³-hybridized carbons (Fsp3) is 0.167. The summed E-state index contributed by atoms with van der Waals surface area (Å²) in [7, 11) is 1.96. The lowest BCUT2D eigenvalue weighted by atomic mass is 10.1. The number of carboxylic acid groups (broad SMARTS) is 1. The maximum atomic E-state index is 10.7. The van der Waals surface area contributed by atoms with E-state index in [-0.39, 0.29) is 0 Å². The summed E-state index contributed by atoms with van der Waals surface area (Å²) in [6.45, 7) is 0.751. The van der Waals surface area contributed by atoms with Crippen LogP contribution in [-0.2, 0) is 13.6 Å². The lowest BCUT2D eigenvalue weighted by Gasteiger charge is -1.98. The predicted octanol–water partition coefficient (Wildman–Crippen LogP) is 1.06. The van der Waals surface area contributed by atoms with Crippen molar-refractivity contribution in [3.05, 3.63) is 54.1 Å². The average molecular weight is 217 g/mol. The monoisotopic (exact) mass is 217 g/mol. The van der Waals surface area contributed by atoms with Gasteiger partial charge in [0.05, 0.1) is 12.6 Å². The summed E-state index contributed by atoms with van der Waals surface area (Å²) in [6, 6.07) is 6.93. The number of hydrogen-bond acceptors (Lipinski definition) is 1. The number of benzene rings is 1. The molecule has 4 nitrogen and oxygen atoms in total. The van der Waals surface area contributed by atoms with E-state index in [0.717, 1.165) is 12.1 Å². The molecule has 1 aromatic carbocycles. The van der Waals surface area contributed by atoms with E-state index in [2.05, 4.69) is 0 Å². The topological polar surface area (TPSA) is 46.1 Å². The Labute approximate surface area is 93.4 Å². The average Bonchev–Trinajstić information content (AvgIpc) is 2.65. The molecule has 16 heavy (non-hydrogen) atoms. The molecule has 0 atom stereocenters. The Balaban J connectivity index is 2.14. The largest absolute Gasteiger partial charge is 0.478 e. The summed E-state index contributed by atoms with van der Waals surface area (Å²) in [6.07, 6.45) is 5.92. The molecule has 4 heteroatoms. The minimum Gasteiger partial charge on any atom is -0.478 e. The first kappa shape index (κ1) is 10.4. The minimum atomic E-state index is -0.890. The number of nitrogens with zero attached hydrogens (tertiary/aromatic N) is 2. The van der Waals surface area contributed by atoms with E-state index in [1.54, 1.807) is 12.1 Å². The molecule has 0 saturated heterocycles. The summed E-state index contributed by atoms with van der Waals surface area (Å²) in [4.78, 5) is 10.7. The van der Waals surface area contributed by atoms with Crippen LogP contribution in [0.2, 0.25) is 0 Å². The molecule has 1 heterocycles. The quantitative estimate of drug-likeness (QED) is 0.781. The lowest BCUT2D eigenvalue weighted by Crippen LogP contribution is -2.31. The molecule has 0 spiro atoms. The van der Waals surface area contributed by atoms with Crippen molar-refractivity contribution < 1.29 is 14.5 Å². The summed E-state index contributed by atoms with van der Waals surface area (Å²) in [5.74, 6) is -0.890. The minimum absolute atomic E-state index is 0.321. The van der Waals surface area contributed by atoms with Gasteiger partial charge in [-0.05, 0) is 17.7 Å². The van der Waals surface area contributed by atoms with Gasteiger partial charge in [0.2, 0.25) is 6.33 Å². The van der Waals surface area contributed by atoms with Gasteiger partial charge in [0.15, 0.2) is 0 Å². The van der Waals surface area contributed by atoms with Gasteiger partial charge in [0.1, 0.15) is 18.9 Å². The number of aryl methyl sites for hydroxylation is 1. The zero-order valence-corrected chi connectivity index (χ0v) is 9.00. The second-order valence-electron chi connectivity index (χ2n) is 3.75. The molecule has 0 fully saturated rings. The van der Waals surface area contributed by atoms with Crippen LogP contribution in [0.25, 0.3) is 0 Å². The van der Waals surface area contributed by atoms with Crippen molar-refractivity contribution in [3.63, 3.8) is 0 Å². The number of imidazole rings is 1. The molecule has 0 aliphatic rings. The first-order valence-corrected chi connectivity index (χ1v) is 4.98. The van der Waals surface area contributed by atoms with Crippen molar-refractivity contribution in [2.45, 2.75) is 6.54 Å². The summed E-state index contributed by atoms with van der Waals surface area (Å²) >= 11 is 0. The molecule has 0 saturated carbocycles. The molecule has 0 unspecified atom stereocenters. The molecule has 0 amide bonds. The molecule has 1 N–H and O–H groups in total. The maximum Gasteiger partial charge on any atom is 0.335 e. The highest BCUT2D eigenvalue weighted by Crippen LogP contribution is 2.03. The van der Waals surface area contributed by atoms with Crippen molar-refractivity contribution >= 4 is 5.97 Å². The third-order valence-electron chi connectivity index (χ3n) is 2.39. The van der Waals surface area contributed by atoms with Gasteiger partial charge in [-0.1, -0.05) is 12.1 Å². The molecule has 2 rings (SSSR count). The van der Waals surface area contributed by atoms with Gasteiger partial charge in [-0.15, -0.1) is 0 Å². The molecular weight excluding hydrogens is 204 g/mol. The number of hydrogen-bond donors (Lipinski definition) is 1. The number of aromatic nitrogens is 2. The molecule has 0 radical (unpaired) electrons. The Kier molecular flexibility index (Phi) is 2.72. The van der Waals surface area contributed by atoms with Crippen molar-refractivity contribution in [1.29, 1.82) is 0 Å². The number of carboxylic acids is 1. The standard InChI is InChI=1S/C12H12N2O2/c1-13-6-7-14(9-13)8-10-2-4-11(5-3-10)12(15)16/h2-7,9H,8H2,1H3/p+1. The fourth-order valence-corrected chi connectivity index (χ4v) is 1.56. The Morgan fingerprint density at radius 2 is 2.06 bits per heavy atom. The van der Waals surface area contributed by atoms with Crippen LogP contribution in [0.15, 0.2) is 43.0 Å². The van der Waals surface area contributed by atoms with E-state index < -0.39 is 5.97 Å².